The minimum atomic E-state index is 0. The van der Waals surface area contributed by atoms with Crippen molar-refractivity contribution in [3.05, 3.63) is 48.0 Å². The SMILES string of the molecule is CN(C)CCCN1c2ccccc2Sc2cc(C(C)(C)C)ccc21.Cl. The maximum atomic E-state index is 2.50. The van der Waals surface area contributed by atoms with E-state index in [0.717, 1.165) is 19.5 Å². The summed E-state index contributed by atoms with van der Waals surface area (Å²) in [6.45, 7) is 9.01. The fourth-order valence-corrected chi connectivity index (χ4v) is 4.22. The fourth-order valence-electron chi connectivity index (χ4n) is 3.09. The predicted octanol–water partition coefficient (Wildman–Crippen LogP) is 5.96. The first kappa shape index (κ1) is 20.2. The van der Waals surface area contributed by atoms with Crippen LogP contribution in [-0.4, -0.2) is 32.1 Å². The van der Waals surface area contributed by atoms with Crippen molar-refractivity contribution in [2.24, 2.45) is 0 Å². The van der Waals surface area contributed by atoms with Gasteiger partial charge < -0.3 is 9.80 Å². The molecule has 2 aromatic rings. The number of hydrogen-bond acceptors (Lipinski definition) is 3. The molecule has 0 aliphatic carbocycles. The topological polar surface area (TPSA) is 6.48 Å². The molecule has 0 fully saturated rings. The smallest absolute Gasteiger partial charge is 0.0553 e. The number of rotatable bonds is 4. The minimum absolute atomic E-state index is 0. The Morgan fingerprint density at radius 3 is 2.32 bits per heavy atom. The van der Waals surface area contributed by atoms with Gasteiger partial charge in [0, 0.05) is 16.3 Å². The van der Waals surface area contributed by atoms with E-state index in [1.54, 1.807) is 0 Å². The van der Waals surface area contributed by atoms with Gasteiger partial charge in [-0.3, -0.25) is 0 Å². The van der Waals surface area contributed by atoms with Crippen LogP contribution >= 0.6 is 24.2 Å². The van der Waals surface area contributed by atoms with E-state index < -0.39 is 0 Å². The second-order valence-corrected chi connectivity index (χ2v) is 8.89. The largest absolute Gasteiger partial charge is 0.340 e. The molecule has 0 spiro atoms. The van der Waals surface area contributed by atoms with Crippen LogP contribution in [0.3, 0.4) is 0 Å². The number of halogens is 1. The van der Waals surface area contributed by atoms with Crippen LogP contribution in [0.1, 0.15) is 32.8 Å². The van der Waals surface area contributed by atoms with Crippen molar-refractivity contribution >= 4 is 35.5 Å². The van der Waals surface area contributed by atoms with E-state index in [1.165, 1.54) is 26.7 Å². The predicted molar refractivity (Wildman–Crippen MR) is 113 cm³/mol. The third-order valence-corrected chi connectivity index (χ3v) is 5.59. The molecule has 25 heavy (non-hydrogen) atoms. The van der Waals surface area contributed by atoms with E-state index in [-0.39, 0.29) is 17.8 Å². The number of anilines is 2. The molecule has 0 radical (unpaired) electrons. The quantitative estimate of drug-likeness (QED) is 0.649. The summed E-state index contributed by atoms with van der Waals surface area (Å²) in [7, 11) is 4.28. The summed E-state index contributed by atoms with van der Waals surface area (Å²) in [5, 5.41) is 0. The highest BCUT2D eigenvalue weighted by atomic mass is 35.5. The molecule has 1 aliphatic rings. The highest BCUT2D eigenvalue weighted by Crippen LogP contribution is 2.49. The molecule has 2 nitrogen and oxygen atoms in total. The zero-order valence-corrected chi connectivity index (χ0v) is 17.5. The van der Waals surface area contributed by atoms with Crippen molar-refractivity contribution in [1.29, 1.82) is 0 Å². The van der Waals surface area contributed by atoms with Crippen LogP contribution in [0.15, 0.2) is 52.3 Å². The summed E-state index contributed by atoms with van der Waals surface area (Å²) < 4.78 is 0. The lowest BCUT2D eigenvalue weighted by molar-refractivity contribution is 0.402. The second kappa shape index (κ2) is 8.03. The van der Waals surface area contributed by atoms with Crippen molar-refractivity contribution in [2.45, 2.75) is 42.4 Å². The Kier molecular flexibility index (Phi) is 6.47. The average Bonchev–Trinajstić information content (AvgIpc) is 2.52. The summed E-state index contributed by atoms with van der Waals surface area (Å²) in [5.74, 6) is 0. The number of para-hydroxylation sites is 1. The van der Waals surface area contributed by atoms with Gasteiger partial charge in [-0.05, 0) is 62.3 Å². The Morgan fingerprint density at radius 1 is 0.960 bits per heavy atom. The van der Waals surface area contributed by atoms with Crippen LogP contribution in [0.25, 0.3) is 0 Å². The van der Waals surface area contributed by atoms with Crippen LogP contribution < -0.4 is 4.90 Å². The first-order valence-electron chi connectivity index (χ1n) is 8.70. The summed E-state index contributed by atoms with van der Waals surface area (Å²) in [6, 6.07) is 15.8. The molecule has 1 aliphatic heterocycles. The molecular formula is C21H29ClN2S. The first-order chi connectivity index (χ1) is 11.4. The lowest BCUT2D eigenvalue weighted by Gasteiger charge is -2.34. The van der Waals surface area contributed by atoms with Gasteiger partial charge in [-0.25, -0.2) is 0 Å². The van der Waals surface area contributed by atoms with Gasteiger partial charge in [0.2, 0.25) is 0 Å². The zero-order valence-electron chi connectivity index (χ0n) is 15.9. The Labute approximate surface area is 163 Å². The number of hydrogen-bond donors (Lipinski definition) is 0. The minimum Gasteiger partial charge on any atom is -0.340 e. The van der Waals surface area contributed by atoms with Gasteiger partial charge >= 0.3 is 0 Å². The first-order valence-corrected chi connectivity index (χ1v) is 9.51. The maximum Gasteiger partial charge on any atom is 0.0553 e. The molecule has 0 unspecified atom stereocenters. The zero-order chi connectivity index (χ0) is 17.3. The van der Waals surface area contributed by atoms with E-state index in [9.17, 15) is 0 Å². The van der Waals surface area contributed by atoms with Crippen LogP contribution in [0.4, 0.5) is 11.4 Å². The van der Waals surface area contributed by atoms with Gasteiger partial charge in [0.05, 0.1) is 11.4 Å². The van der Waals surface area contributed by atoms with Crippen molar-refractivity contribution in [3.63, 3.8) is 0 Å². The molecule has 0 bridgehead atoms. The van der Waals surface area contributed by atoms with Crippen molar-refractivity contribution in [2.75, 3.05) is 32.1 Å². The molecule has 2 aromatic carbocycles. The van der Waals surface area contributed by atoms with E-state index in [0.29, 0.717) is 0 Å². The van der Waals surface area contributed by atoms with Gasteiger partial charge in [-0.1, -0.05) is 50.7 Å². The Morgan fingerprint density at radius 2 is 1.64 bits per heavy atom. The van der Waals surface area contributed by atoms with Gasteiger partial charge in [-0.15, -0.1) is 12.4 Å². The molecule has 4 heteroatoms. The fraction of sp³-hybridized carbons (Fsp3) is 0.429. The van der Waals surface area contributed by atoms with Crippen LogP contribution in [0, 0.1) is 0 Å². The molecule has 3 rings (SSSR count). The third-order valence-electron chi connectivity index (χ3n) is 4.48. The summed E-state index contributed by atoms with van der Waals surface area (Å²) in [5.41, 5.74) is 4.28. The summed E-state index contributed by atoms with van der Waals surface area (Å²) in [6.07, 6.45) is 1.16. The lowest BCUT2D eigenvalue weighted by Crippen LogP contribution is -2.25. The maximum absolute atomic E-state index is 2.50. The van der Waals surface area contributed by atoms with Gasteiger partial charge in [-0.2, -0.15) is 0 Å². The lowest BCUT2D eigenvalue weighted by atomic mass is 9.87. The highest BCUT2D eigenvalue weighted by Gasteiger charge is 2.25. The molecule has 0 saturated carbocycles. The summed E-state index contributed by atoms with van der Waals surface area (Å²) >= 11 is 1.90. The molecule has 0 N–H and O–H groups in total. The van der Waals surface area contributed by atoms with E-state index >= 15 is 0 Å². The molecule has 136 valence electrons. The number of benzene rings is 2. The van der Waals surface area contributed by atoms with Crippen LogP contribution in [0.5, 0.6) is 0 Å². The standard InChI is InChI=1S/C21H28N2S.ClH/c1-21(2,3)16-11-12-18-20(15-16)24-19-10-7-6-9-17(19)23(18)14-8-13-22(4)5;/h6-7,9-12,15H,8,13-14H2,1-5H3;1H. The van der Waals surface area contributed by atoms with Crippen LogP contribution in [0.2, 0.25) is 0 Å². The number of nitrogens with zero attached hydrogens (tertiary/aromatic N) is 2. The van der Waals surface area contributed by atoms with Gasteiger partial charge in [0.15, 0.2) is 0 Å². The van der Waals surface area contributed by atoms with E-state index in [2.05, 4.69) is 87.1 Å². The van der Waals surface area contributed by atoms with Crippen LogP contribution in [-0.2, 0) is 5.41 Å². The average molecular weight is 377 g/mol. The van der Waals surface area contributed by atoms with Crippen molar-refractivity contribution < 1.29 is 0 Å². The van der Waals surface area contributed by atoms with Crippen molar-refractivity contribution in [1.82, 2.24) is 4.90 Å². The van der Waals surface area contributed by atoms with Gasteiger partial charge in [0.1, 0.15) is 0 Å². The molecule has 0 atom stereocenters. The second-order valence-electron chi connectivity index (χ2n) is 7.81. The van der Waals surface area contributed by atoms with Crippen molar-refractivity contribution in [3.8, 4) is 0 Å². The Balaban J connectivity index is 0.00000225. The normalized spacial score (nSPS) is 13.3. The highest BCUT2D eigenvalue weighted by molar-refractivity contribution is 7.99. The molecular weight excluding hydrogens is 348 g/mol. The third kappa shape index (κ3) is 4.52. The molecule has 0 saturated heterocycles. The van der Waals surface area contributed by atoms with E-state index in [1.807, 2.05) is 11.8 Å². The van der Waals surface area contributed by atoms with E-state index in [4.69, 9.17) is 0 Å². The number of fused-ring (bicyclic) bond motifs is 2. The molecule has 0 aromatic heterocycles. The monoisotopic (exact) mass is 376 g/mol. The summed E-state index contributed by atoms with van der Waals surface area (Å²) in [4.78, 5) is 7.50. The van der Waals surface area contributed by atoms with Gasteiger partial charge in [0.25, 0.3) is 0 Å². The molecule has 1 heterocycles. The Bertz CT molecular complexity index is 722. The molecule has 0 amide bonds. The Hall–Kier alpha value is -1.16.